The molecule has 36 heteroatoms. The molecule has 0 aliphatic carbocycles. The van der Waals surface area contributed by atoms with E-state index in [9.17, 15) is 145 Å². The fourth-order valence-electron chi connectivity index (χ4n) is 2.94. The molecule has 0 aromatic carbocycles. The van der Waals surface area contributed by atoms with Crippen LogP contribution in [0, 0.1) is 0 Å². The largest absolute Gasteiger partial charge is 0.460 e. The molecule has 1 aromatic heterocycles. The quantitative estimate of drug-likeness (QED) is 0.196. The molecule has 1 heterocycles. The molecule has 0 atom stereocenters. The Balaban J connectivity index is 4.63. The summed E-state index contributed by atoms with van der Waals surface area (Å²) in [4.78, 5) is 1.43. The van der Waals surface area contributed by atoms with E-state index in [1.165, 1.54) is 0 Å². The molecule has 318 valence electrons. The second-order valence-corrected chi connectivity index (χ2v) is 9.69. The van der Waals surface area contributed by atoms with Crippen LogP contribution in [0.3, 0.4) is 0 Å². The molecule has 1 aromatic rings. The normalized spacial score (nSPS) is 16.6. The first-order chi connectivity index (χ1) is 22.8. The van der Waals surface area contributed by atoms with Gasteiger partial charge in [0, 0.05) is 0 Å². The molecule has 0 aliphatic rings. The summed E-state index contributed by atoms with van der Waals surface area (Å²) >= 11 is 0. The van der Waals surface area contributed by atoms with E-state index >= 15 is 0 Å². The van der Waals surface area contributed by atoms with Gasteiger partial charge in [-0.2, -0.15) is 145 Å². The number of alkyl halides is 33. The Labute approximate surface area is 268 Å². The van der Waals surface area contributed by atoms with Crippen LogP contribution in [0.1, 0.15) is 17.5 Å². The monoisotopic (exact) mass is 885 g/mol. The maximum atomic E-state index is 14.5. The first kappa shape index (κ1) is 48.7. The third-order valence-electron chi connectivity index (χ3n) is 6.10. The number of nitrogens with zero attached hydrogens (tertiary/aromatic N) is 3. The summed E-state index contributed by atoms with van der Waals surface area (Å²) in [7, 11) is 0. The molecular weight excluding hydrogens is 885 g/mol. The lowest BCUT2D eigenvalue weighted by molar-refractivity contribution is -0.427. The van der Waals surface area contributed by atoms with Crippen LogP contribution in [0.25, 0.3) is 0 Å². The van der Waals surface area contributed by atoms with Gasteiger partial charge < -0.3 is 0 Å². The van der Waals surface area contributed by atoms with E-state index in [-0.39, 0.29) is 0 Å². The van der Waals surface area contributed by atoms with Gasteiger partial charge >= 0.3 is 89.6 Å². The minimum absolute atomic E-state index is 0.476. The second kappa shape index (κ2) is 12.1. The molecule has 0 radical (unpaired) electrons. The van der Waals surface area contributed by atoms with E-state index in [0.29, 0.717) is 15.0 Å². The average molecular weight is 885 g/mol. The molecule has 1 rings (SSSR count). The van der Waals surface area contributed by atoms with Crippen molar-refractivity contribution < 1.29 is 145 Å². The molecule has 3 nitrogen and oxygen atoms in total. The van der Waals surface area contributed by atoms with Crippen molar-refractivity contribution >= 4 is 0 Å². The van der Waals surface area contributed by atoms with Crippen molar-refractivity contribution in [3.8, 4) is 0 Å². The van der Waals surface area contributed by atoms with Crippen molar-refractivity contribution in [3.63, 3.8) is 0 Å². The van der Waals surface area contributed by atoms with Crippen molar-refractivity contribution in [2.75, 3.05) is 0 Å². The van der Waals surface area contributed by atoms with Crippen LogP contribution in [0.5, 0.6) is 0 Å². The lowest BCUT2D eigenvalue weighted by Crippen LogP contribution is -2.67. The Hall–Kier alpha value is -3.30. The summed E-state index contributed by atoms with van der Waals surface area (Å²) in [5.74, 6) is -122. The van der Waals surface area contributed by atoms with Crippen LogP contribution in [0.2, 0.25) is 0 Å². The van der Waals surface area contributed by atoms with E-state index in [1.54, 1.807) is 0 Å². The summed E-state index contributed by atoms with van der Waals surface area (Å²) in [6, 6.07) is 0. The molecule has 0 saturated carbocycles. The molecular formula is C18F33N3. The van der Waals surface area contributed by atoms with Gasteiger partial charge in [-0.15, -0.1) is 0 Å². The molecule has 0 bridgehead atoms. The zero-order valence-electron chi connectivity index (χ0n) is 22.8. The van der Waals surface area contributed by atoms with Crippen LogP contribution in [-0.2, 0) is 17.8 Å². The fraction of sp³-hybridized carbons (Fsp3) is 0.833. The van der Waals surface area contributed by atoms with Crippen LogP contribution in [-0.4, -0.2) is 86.8 Å². The maximum absolute atomic E-state index is 14.5. The van der Waals surface area contributed by atoms with Gasteiger partial charge in [0.1, 0.15) is 0 Å². The Bertz CT molecular complexity index is 1350. The third kappa shape index (κ3) is 6.11. The third-order valence-corrected chi connectivity index (χ3v) is 6.10. The standard InChI is InChI=1S/C18F33N3/c19-4(20,7(25,26)10(31,32)13(37,38)16(43,44)45)1-52-2(5(21,22)8(27,28)11(33,34)14(39,40)17(46,47)48)54-3(53-1)6(23,24)9(29,30)12(35,36)15(41,42)18(49,50)51. The zero-order valence-corrected chi connectivity index (χ0v) is 22.8. The lowest BCUT2D eigenvalue weighted by atomic mass is 9.95. The van der Waals surface area contributed by atoms with Gasteiger partial charge in [0.15, 0.2) is 0 Å². The Morgan fingerprint density at radius 1 is 0.185 bits per heavy atom. The molecule has 0 spiro atoms. The number of halogens is 33. The van der Waals surface area contributed by atoms with Gasteiger partial charge in [0.05, 0.1) is 0 Å². The summed E-state index contributed by atoms with van der Waals surface area (Å²) in [5, 5.41) is 0. The molecule has 0 fully saturated rings. The summed E-state index contributed by atoms with van der Waals surface area (Å²) < 4.78 is 442. The maximum Gasteiger partial charge on any atom is 0.460 e. The number of hydrogen-bond donors (Lipinski definition) is 0. The topological polar surface area (TPSA) is 38.7 Å². The molecule has 54 heavy (non-hydrogen) atoms. The first-order valence-corrected chi connectivity index (χ1v) is 11.3. The lowest BCUT2D eigenvalue weighted by Gasteiger charge is -2.38. The van der Waals surface area contributed by atoms with Gasteiger partial charge in [-0.25, -0.2) is 15.0 Å². The molecule has 0 aliphatic heterocycles. The van der Waals surface area contributed by atoms with E-state index in [2.05, 4.69) is 0 Å². The average Bonchev–Trinajstić information content (AvgIpc) is 2.94. The predicted octanol–water partition coefficient (Wildman–Crippen LogP) is 10.6. The van der Waals surface area contributed by atoms with Gasteiger partial charge in [-0.3, -0.25) is 0 Å². The Kier molecular flexibility index (Phi) is 10.9. The highest BCUT2D eigenvalue weighted by molar-refractivity contribution is 5.22. The molecule has 0 amide bonds. The minimum Gasteiger partial charge on any atom is -0.205 e. The molecule has 0 unspecified atom stereocenters. The van der Waals surface area contributed by atoms with Gasteiger partial charge in [-0.05, 0) is 0 Å². The van der Waals surface area contributed by atoms with Crippen molar-refractivity contribution in [3.05, 3.63) is 17.5 Å². The van der Waals surface area contributed by atoms with Gasteiger partial charge in [0.25, 0.3) is 0 Å². The Morgan fingerprint density at radius 2 is 0.315 bits per heavy atom. The van der Waals surface area contributed by atoms with E-state index < -0.39 is 107 Å². The van der Waals surface area contributed by atoms with Crippen molar-refractivity contribution in [1.29, 1.82) is 0 Å². The van der Waals surface area contributed by atoms with Crippen LogP contribution < -0.4 is 0 Å². The zero-order chi connectivity index (χ0) is 44.4. The Morgan fingerprint density at radius 3 is 0.426 bits per heavy atom. The highest BCUT2D eigenvalue weighted by Crippen LogP contribution is 2.63. The summed E-state index contributed by atoms with van der Waals surface area (Å²) in [6.45, 7) is 0. The fourth-order valence-corrected chi connectivity index (χ4v) is 2.94. The van der Waals surface area contributed by atoms with E-state index in [1.807, 2.05) is 0 Å². The second-order valence-electron chi connectivity index (χ2n) is 9.69. The van der Waals surface area contributed by atoms with Gasteiger partial charge in [0.2, 0.25) is 17.5 Å². The number of aromatic nitrogens is 3. The number of rotatable bonds is 12. The highest BCUT2D eigenvalue weighted by Gasteiger charge is 2.91. The van der Waals surface area contributed by atoms with Crippen LogP contribution in [0.4, 0.5) is 145 Å². The first-order valence-electron chi connectivity index (χ1n) is 11.3. The van der Waals surface area contributed by atoms with E-state index in [0.717, 1.165) is 0 Å². The predicted molar refractivity (Wildman–Crippen MR) is 94.2 cm³/mol. The van der Waals surface area contributed by atoms with Crippen LogP contribution >= 0.6 is 0 Å². The van der Waals surface area contributed by atoms with Gasteiger partial charge in [-0.1, -0.05) is 0 Å². The van der Waals surface area contributed by atoms with Crippen molar-refractivity contribution in [1.82, 2.24) is 15.0 Å². The summed E-state index contributed by atoms with van der Waals surface area (Å²) in [5.41, 5.74) is 0. The molecule has 0 N–H and O–H groups in total. The van der Waals surface area contributed by atoms with Crippen molar-refractivity contribution in [2.45, 2.75) is 89.6 Å². The van der Waals surface area contributed by atoms with Crippen molar-refractivity contribution in [2.24, 2.45) is 0 Å². The SMILES string of the molecule is FC(F)(F)C(F)(F)C(F)(F)C(F)(F)C(F)(F)c1nc(C(F)(F)C(F)(F)C(F)(F)C(F)(F)C(F)(F)F)nc(C(F)(F)C(F)(F)C(F)(F)C(F)(F)C(F)(F)F)n1. The number of hydrogen-bond acceptors (Lipinski definition) is 3. The molecule has 0 saturated heterocycles. The van der Waals surface area contributed by atoms with E-state index in [4.69, 9.17) is 0 Å². The highest BCUT2D eigenvalue weighted by atomic mass is 19.5. The smallest absolute Gasteiger partial charge is 0.205 e. The summed E-state index contributed by atoms with van der Waals surface area (Å²) in [6.07, 6.45) is -24.7. The minimum atomic E-state index is -9.04. The van der Waals surface area contributed by atoms with Crippen LogP contribution in [0.15, 0.2) is 0 Å².